The summed E-state index contributed by atoms with van der Waals surface area (Å²) in [4.78, 5) is 23.1. The number of ether oxygens (including phenoxy) is 1. The smallest absolute Gasteiger partial charge is 0.306 e. The van der Waals surface area contributed by atoms with Gasteiger partial charge in [-0.2, -0.15) is 0 Å². The van der Waals surface area contributed by atoms with Gasteiger partial charge in [0.25, 0.3) is 0 Å². The highest BCUT2D eigenvalue weighted by Crippen LogP contribution is 2.16. The first kappa shape index (κ1) is 15.7. The van der Waals surface area contributed by atoms with Crippen LogP contribution < -0.4 is 5.32 Å². The Morgan fingerprint density at radius 1 is 1.26 bits per heavy atom. The Labute approximate surface area is 121 Å². The summed E-state index contributed by atoms with van der Waals surface area (Å²) < 4.78 is 6.02. The monoisotopic (exact) mass is 327 g/mol. The van der Waals surface area contributed by atoms with Crippen molar-refractivity contribution in [3.63, 3.8) is 0 Å². The van der Waals surface area contributed by atoms with Crippen molar-refractivity contribution in [1.29, 1.82) is 0 Å². The first-order valence-corrected chi connectivity index (χ1v) is 6.83. The minimum Gasteiger partial charge on any atom is -0.460 e. The molecule has 0 saturated heterocycles. The summed E-state index contributed by atoms with van der Waals surface area (Å²) in [6.07, 6.45) is 0.193. The molecule has 0 fully saturated rings. The van der Waals surface area contributed by atoms with Crippen LogP contribution in [0.3, 0.4) is 0 Å². The van der Waals surface area contributed by atoms with Crippen LogP contribution in [-0.2, 0) is 14.3 Å². The molecule has 1 aromatic carbocycles. The van der Waals surface area contributed by atoms with E-state index in [9.17, 15) is 9.59 Å². The molecule has 0 aliphatic carbocycles. The Bertz CT molecular complexity index is 466. The van der Waals surface area contributed by atoms with Gasteiger partial charge in [0.1, 0.15) is 5.60 Å². The van der Waals surface area contributed by atoms with Gasteiger partial charge in [-0.05, 0) is 39.0 Å². The summed E-state index contributed by atoms with van der Waals surface area (Å²) in [5.41, 5.74) is 0.182. The van der Waals surface area contributed by atoms with Crippen LogP contribution >= 0.6 is 15.9 Å². The number of amides is 1. The van der Waals surface area contributed by atoms with Gasteiger partial charge in [-0.1, -0.05) is 22.0 Å². The molecule has 0 unspecified atom stereocenters. The Balaban J connectivity index is 2.38. The van der Waals surface area contributed by atoms with E-state index in [1.165, 1.54) is 0 Å². The molecule has 1 rings (SSSR count). The molecule has 5 heteroatoms. The van der Waals surface area contributed by atoms with Gasteiger partial charge in [0.2, 0.25) is 5.91 Å². The number of carbonyl (C=O) groups excluding carboxylic acids is 2. The van der Waals surface area contributed by atoms with Crippen molar-refractivity contribution in [2.45, 2.75) is 39.2 Å². The number of rotatable bonds is 4. The zero-order chi connectivity index (χ0) is 14.5. The number of carbonyl (C=O) groups is 2. The average molecular weight is 328 g/mol. The zero-order valence-corrected chi connectivity index (χ0v) is 12.9. The van der Waals surface area contributed by atoms with Gasteiger partial charge in [0.15, 0.2) is 0 Å². The third-order valence-electron chi connectivity index (χ3n) is 2.08. The zero-order valence-electron chi connectivity index (χ0n) is 11.3. The molecule has 104 valence electrons. The van der Waals surface area contributed by atoms with E-state index in [1.54, 1.807) is 32.9 Å². The van der Waals surface area contributed by atoms with Crippen molar-refractivity contribution in [1.82, 2.24) is 0 Å². The van der Waals surface area contributed by atoms with Crippen LogP contribution in [0.25, 0.3) is 0 Å². The summed E-state index contributed by atoms with van der Waals surface area (Å²) in [7, 11) is 0. The molecule has 0 spiro atoms. The average Bonchev–Trinajstić information content (AvgIpc) is 2.24. The van der Waals surface area contributed by atoms with Crippen LogP contribution in [0.5, 0.6) is 0 Å². The Hall–Kier alpha value is -1.36. The molecular formula is C14H18BrNO3. The quantitative estimate of drug-likeness (QED) is 0.861. The summed E-state index contributed by atoms with van der Waals surface area (Å²) in [6, 6.07) is 7.28. The largest absolute Gasteiger partial charge is 0.460 e. The van der Waals surface area contributed by atoms with E-state index < -0.39 is 5.60 Å². The first-order valence-electron chi connectivity index (χ1n) is 6.03. The number of benzene rings is 1. The van der Waals surface area contributed by atoms with Gasteiger partial charge in [-0.15, -0.1) is 0 Å². The van der Waals surface area contributed by atoms with E-state index in [4.69, 9.17) is 4.74 Å². The molecule has 0 saturated carbocycles. The second kappa shape index (κ2) is 6.70. The number of esters is 1. The molecule has 0 aromatic heterocycles. The van der Waals surface area contributed by atoms with E-state index in [0.29, 0.717) is 5.69 Å². The highest BCUT2D eigenvalue weighted by molar-refractivity contribution is 9.10. The molecule has 0 heterocycles. The van der Waals surface area contributed by atoms with E-state index in [2.05, 4.69) is 21.2 Å². The molecule has 0 radical (unpaired) electrons. The first-order chi connectivity index (χ1) is 8.76. The second-order valence-corrected chi connectivity index (χ2v) is 6.06. The van der Waals surface area contributed by atoms with Crippen molar-refractivity contribution in [2.75, 3.05) is 5.32 Å². The lowest BCUT2D eigenvalue weighted by molar-refractivity contribution is -0.155. The van der Waals surface area contributed by atoms with Crippen LogP contribution in [0, 0.1) is 0 Å². The predicted octanol–water partition coefficient (Wildman–Crippen LogP) is 3.51. The second-order valence-electron chi connectivity index (χ2n) is 5.14. The Morgan fingerprint density at radius 2 is 1.95 bits per heavy atom. The van der Waals surface area contributed by atoms with Gasteiger partial charge >= 0.3 is 5.97 Å². The normalized spacial score (nSPS) is 10.9. The highest BCUT2D eigenvalue weighted by Gasteiger charge is 2.17. The van der Waals surface area contributed by atoms with E-state index >= 15 is 0 Å². The molecule has 1 amide bonds. The van der Waals surface area contributed by atoms with Gasteiger partial charge in [-0.3, -0.25) is 9.59 Å². The molecule has 4 nitrogen and oxygen atoms in total. The number of hydrogen-bond acceptors (Lipinski definition) is 3. The van der Waals surface area contributed by atoms with Gasteiger partial charge in [0, 0.05) is 16.6 Å². The Morgan fingerprint density at radius 3 is 2.53 bits per heavy atom. The summed E-state index contributed by atoms with van der Waals surface area (Å²) in [5, 5.41) is 2.72. The van der Waals surface area contributed by atoms with Crippen LogP contribution in [0.2, 0.25) is 0 Å². The minimum absolute atomic E-state index is 0.0805. The minimum atomic E-state index is -0.516. The van der Waals surface area contributed by atoms with E-state index in [1.807, 2.05) is 12.1 Å². The standard InChI is InChI=1S/C14H18BrNO3/c1-14(2,3)19-13(18)8-7-12(17)16-11-6-4-5-10(15)9-11/h4-6,9H,7-8H2,1-3H3,(H,16,17). The van der Waals surface area contributed by atoms with Crippen molar-refractivity contribution >= 4 is 33.5 Å². The summed E-state index contributed by atoms with van der Waals surface area (Å²) >= 11 is 3.32. The van der Waals surface area contributed by atoms with Crippen molar-refractivity contribution in [2.24, 2.45) is 0 Å². The van der Waals surface area contributed by atoms with E-state index in [0.717, 1.165) is 4.47 Å². The predicted molar refractivity (Wildman–Crippen MR) is 77.9 cm³/mol. The number of hydrogen-bond donors (Lipinski definition) is 1. The lowest BCUT2D eigenvalue weighted by Gasteiger charge is -2.19. The molecule has 0 aliphatic heterocycles. The maximum Gasteiger partial charge on any atom is 0.306 e. The van der Waals surface area contributed by atoms with Gasteiger partial charge in [-0.25, -0.2) is 0 Å². The fraction of sp³-hybridized carbons (Fsp3) is 0.429. The van der Waals surface area contributed by atoms with Crippen molar-refractivity contribution in [3.05, 3.63) is 28.7 Å². The molecule has 19 heavy (non-hydrogen) atoms. The maximum atomic E-state index is 11.7. The molecule has 1 N–H and O–H groups in total. The van der Waals surface area contributed by atoms with Crippen LogP contribution in [0.15, 0.2) is 28.7 Å². The number of nitrogens with one attached hydrogen (secondary N) is 1. The lowest BCUT2D eigenvalue weighted by Crippen LogP contribution is -2.24. The maximum absolute atomic E-state index is 11.7. The van der Waals surface area contributed by atoms with Gasteiger partial charge in [0.05, 0.1) is 6.42 Å². The molecule has 0 bridgehead atoms. The Kier molecular flexibility index (Phi) is 5.54. The fourth-order valence-corrected chi connectivity index (χ4v) is 1.80. The molecule has 1 aromatic rings. The third-order valence-corrected chi connectivity index (χ3v) is 2.58. The van der Waals surface area contributed by atoms with Crippen LogP contribution in [-0.4, -0.2) is 17.5 Å². The fourth-order valence-electron chi connectivity index (χ4n) is 1.40. The van der Waals surface area contributed by atoms with E-state index in [-0.39, 0.29) is 24.7 Å². The highest BCUT2D eigenvalue weighted by atomic mass is 79.9. The topological polar surface area (TPSA) is 55.4 Å². The molecule has 0 atom stereocenters. The van der Waals surface area contributed by atoms with Gasteiger partial charge < -0.3 is 10.1 Å². The van der Waals surface area contributed by atoms with Crippen molar-refractivity contribution in [3.8, 4) is 0 Å². The van der Waals surface area contributed by atoms with Crippen LogP contribution in [0.1, 0.15) is 33.6 Å². The summed E-state index contributed by atoms with van der Waals surface area (Å²) in [5.74, 6) is -0.569. The molecule has 0 aliphatic rings. The van der Waals surface area contributed by atoms with Crippen molar-refractivity contribution < 1.29 is 14.3 Å². The SMILES string of the molecule is CC(C)(C)OC(=O)CCC(=O)Nc1cccc(Br)c1. The van der Waals surface area contributed by atoms with Crippen LogP contribution in [0.4, 0.5) is 5.69 Å². The summed E-state index contributed by atoms with van der Waals surface area (Å²) in [6.45, 7) is 5.39. The number of anilines is 1. The number of halogens is 1. The third kappa shape index (κ3) is 6.96. The lowest BCUT2D eigenvalue weighted by atomic mass is 10.2. The molecular weight excluding hydrogens is 310 g/mol.